The lowest BCUT2D eigenvalue weighted by atomic mass is 9.46. The minimum Gasteiger partial charge on any atom is -0.458 e. The normalized spacial score (nSPS) is 34.3. The highest BCUT2D eigenvalue weighted by Gasteiger charge is 3.00. The van der Waals surface area contributed by atoms with E-state index in [0.29, 0.717) is 96.9 Å². The molecule has 5 saturated heterocycles. The van der Waals surface area contributed by atoms with Crippen LogP contribution in [0.25, 0.3) is 0 Å². The van der Waals surface area contributed by atoms with E-state index in [1.165, 1.54) is 20.8 Å². The predicted octanol–water partition coefficient (Wildman–Crippen LogP) is -0.692. The number of carbonyl (C=O) groups excluding carboxylic acids is 9. The lowest BCUT2D eigenvalue weighted by Crippen LogP contribution is -2.67. The Balaban J connectivity index is 0.725. The molecule has 694 valence electrons. The number of carbonyl (C=O) groups is 9. The Bertz CT molecular complexity index is 3400. The molecule has 0 bridgehead atoms. The summed E-state index contributed by atoms with van der Waals surface area (Å²) in [6, 6.07) is -2.82. The Hall–Kier alpha value is -5.79. The SMILES string of the molecule is CC(=O)N[C@@H]1[C@@H](O)[C@@H](O)[C@@H](CO)O[C@H]1CCCCCCCNC(=O)CCOCCC(CCOCCC(=O)NCCCCCCOC[C@@H]1O[C@H](CO)[C@H](O)[C@H](O)[C@H]1NC(C)=O)(CCOCCC(=O)NCCCCCCO[C@@H]1O[C@H](CO)[C@H](O)[C@H](O)[C@H]1NC(C)=O)NC(=O)CCC(=O)O[C@@H]1[C@@]2(C(C)C)C[C@H]2[C@@H]2O[C@]23[C@]12O[C@H]2CC1C2=C(CC[C@@]13C)C(=O)OC2. The third kappa shape index (κ3) is 24.0. The maximum absolute atomic E-state index is 14.7. The molecule has 8 fully saturated rings. The highest BCUT2D eigenvalue weighted by atomic mass is 16.7. The van der Waals surface area contributed by atoms with E-state index in [-0.39, 0.29) is 170 Å². The van der Waals surface area contributed by atoms with E-state index in [9.17, 15) is 89.1 Å². The van der Waals surface area contributed by atoms with Gasteiger partial charge in [-0.25, -0.2) is 4.79 Å². The van der Waals surface area contributed by atoms with E-state index in [1.807, 2.05) is 0 Å². The molecule has 0 aromatic heterocycles. The van der Waals surface area contributed by atoms with E-state index in [1.54, 1.807) is 0 Å². The molecule has 0 aromatic carbocycles. The number of aliphatic hydroxyl groups is 9. The zero-order valence-corrected chi connectivity index (χ0v) is 71.9. The van der Waals surface area contributed by atoms with Crippen molar-refractivity contribution in [2.75, 3.05) is 106 Å². The summed E-state index contributed by atoms with van der Waals surface area (Å²) in [5, 5.41) is 112. The highest BCUT2D eigenvalue weighted by molar-refractivity contribution is 5.92. The number of cyclic esters (lactones) is 1. The zero-order valence-electron chi connectivity index (χ0n) is 71.9. The standard InChI is InChI=1S/C85H139N7O30/c1-49(2)83-43-56(83)77-85(122-77)81(6)27-23-53-54(47-116-78(53)110)55(81)42-62-84(85,121-62)80(83)120-67(103)22-21-66(102)92-82(28-39-111-36-24-63(99)86-31-15-9-7-8-14-20-57-68(89-50(3)96)74(107)71(104)58(44-93)117-57,30-41-113-38-26-65(101)88-33-17-11-13-19-35-115-79-70(91-52(5)98)76(109)73(106)60(46-95)119-79)29-40-112-37-25-64(100)87-32-16-10-12-18-34-114-48-61-69(90-51(4)97)75(108)72(105)59(45-94)118-61/h49,55-62,68-77,79-80,93-95,104-109H,7-48H2,1-6H3,(H,86,99)(H,87,100)(H,88,101)(H,89,96)(H,90,97)(H,91,98)(H,92,102)/t55?,56-,57-,58+,59+,60+,61-,62-,68-,69-,70+,71-,72-,73-,74+,75+,76+,77-,79+,80+,81-,82?,83+,84+,85+/m0/s1. The summed E-state index contributed by atoms with van der Waals surface area (Å²) in [5.74, 6) is -3.06. The van der Waals surface area contributed by atoms with Crippen molar-refractivity contribution in [3.05, 3.63) is 11.1 Å². The van der Waals surface area contributed by atoms with Crippen LogP contribution in [-0.2, 0) is 100.0 Å². The smallest absolute Gasteiger partial charge is 0.334 e. The predicted molar refractivity (Wildman–Crippen MR) is 431 cm³/mol. The number of ether oxygens (including phenoxy) is 12. The average molecular weight is 1740 g/mol. The summed E-state index contributed by atoms with van der Waals surface area (Å²) in [4.78, 5) is 117. The maximum Gasteiger partial charge on any atom is 0.334 e. The molecule has 37 nitrogen and oxygen atoms in total. The van der Waals surface area contributed by atoms with Crippen molar-refractivity contribution in [3.8, 4) is 0 Å². The van der Waals surface area contributed by atoms with Gasteiger partial charge in [-0.2, -0.15) is 0 Å². The van der Waals surface area contributed by atoms with Crippen molar-refractivity contribution in [1.82, 2.24) is 37.2 Å². The number of rotatable bonds is 55. The van der Waals surface area contributed by atoms with Crippen LogP contribution in [0.3, 0.4) is 0 Å². The molecule has 0 radical (unpaired) electrons. The molecule has 2 unspecified atom stereocenters. The Morgan fingerprint density at radius 1 is 0.525 bits per heavy atom. The minimum absolute atomic E-state index is 0.000945. The van der Waals surface area contributed by atoms with Gasteiger partial charge < -0.3 is 140 Å². The number of esters is 2. The Kier molecular flexibility index (Phi) is 36.9. The number of nitrogens with one attached hydrogen (secondary N) is 7. The summed E-state index contributed by atoms with van der Waals surface area (Å²) in [7, 11) is 0. The van der Waals surface area contributed by atoms with Crippen molar-refractivity contribution in [2.24, 2.45) is 28.6 Å². The van der Waals surface area contributed by atoms with Crippen LogP contribution >= 0.6 is 0 Å². The first-order valence-corrected chi connectivity index (χ1v) is 44.6. The molecule has 0 aromatic rings. The molecule has 6 heterocycles. The minimum atomic E-state index is -1.43. The van der Waals surface area contributed by atoms with Gasteiger partial charge in [-0.05, 0) is 107 Å². The quantitative estimate of drug-likeness (QED) is 0.0204. The third-order valence-electron chi connectivity index (χ3n) is 27.1. The molecule has 25 atom stereocenters. The number of unbranched alkanes of at least 4 members (excludes halogenated alkanes) is 10. The fourth-order valence-corrected chi connectivity index (χ4v) is 20.3. The van der Waals surface area contributed by atoms with E-state index in [2.05, 4.69) is 58.0 Å². The second kappa shape index (κ2) is 45.8. The van der Waals surface area contributed by atoms with E-state index in [4.69, 9.17) is 56.8 Å². The second-order valence-corrected chi connectivity index (χ2v) is 35.6. The van der Waals surface area contributed by atoms with Crippen molar-refractivity contribution in [1.29, 1.82) is 0 Å². The molecule has 10 rings (SSSR count). The Labute approximate surface area is 713 Å². The molecular formula is C85H139N7O30. The largest absolute Gasteiger partial charge is 0.458 e. The van der Waals surface area contributed by atoms with Crippen LogP contribution in [0, 0.1) is 28.6 Å². The first-order valence-electron chi connectivity index (χ1n) is 44.6. The molecule has 4 aliphatic carbocycles. The van der Waals surface area contributed by atoms with Gasteiger partial charge in [-0.1, -0.05) is 72.1 Å². The number of hydrogen-bond acceptors (Lipinski definition) is 30. The number of aliphatic hydroxyl groups excluding tert-OH is 9. The summed E-state index contributed by atoms with van der Waals surface area (Å²) in [6.45, 7) is 11.0. The van der Waals surface area contributed by atoms with Gasteiger partial charge in [-0.3, -0.25) is 38.4 Å². The van der Waals surface area contributed by atoms with Crippen molar-refractivity contribution in [3.63, 3.8) is 0 Å². The number of amides is 7. The monoisotopic (exact) mass is 1740 g/mol. The molecule has 3 saturated carbocycles. The molecule has 6 aliphatic heterocycles. The van der Waals surface area contributed by atoms with Crippen LogP contribution in [0.2, 0.25) is 0 Å². The van der Waals surface area contributed by atoms with Gasteiger partial charge in [0.15, 0.2) is 11.9 Å². The zero-order chi connectivity index (χ0) is 88.1. The second-order valence-electron chi connectivity index (χ2n) is 35.6. The van der Waals surface area contributed by atoms with Gasteiger partial charge in [0.1, 0.15) is 85.4 Å². The van der Waals surface area contributed by atoms with Gasteiger partial charge in [0.2, 0.25) is 41.4 Å². The van der Waals surface area contributed by atoms with Gasteiger partial charge in [0, 0.05) is 121 Å². The first kappa shape index (κ1) is 98.4. The Morgan fingerprint density at radius 2 is 1.01 bits per heavy atom. The first-order chi connectivity index (χ1) is 58.5. The summed E-state index contributed by atoms with van der Waals surface area (Å²) < 4.78 is 73.7. The Morgan fingerprint density at radius 3 is 1.54 bits per heavy atom. The van der Waals surface area contributed by atoms with Crippen LogP contribution in [0.4, 0.5) is 0 Å². The average Bonchev–Trinajstić information content (AvgIpc) is 1.41. The topological polar surface area (TPSA) is 537 Å². The maximum atomic E-state index is 14.7. The van der Waals surface area contributed by atoms with Gasteiger partial charge in [-0.15, -0.1) is 0 Å². The molecule has 10 aliphatic rings. The number of epoxide rings is 2. The number of fused-ring (bicyclic) bond motifs is 4. The summed E-state index contributed by atoms with van der Waals surface area (Å²) >= 11 is 0. The van der Waals surface area contributed by atoms with Crippen molar-refractivity contribution < 1.29 is 146 Å². The molecule has 7 amide bonds. The summed E-state index contributed by atoms with van der Waals surface area (Å²) in [6.07, 6.45) is -2.38. The molecule has 122 heavy (non-hydrogen) atoms. The van der Waals surface area contributed by atoms with Crippen LogP contribution in [0.15, 0.2) is 11.1 Å². The van der Waals surface area contributed by atoms with E-state index < -0.39 is 169 Å². The lowest BCUT2D eigenvalue weighted by molar-refractivity contribution is -0.270. The van der Waals surface area contributed by atoms with Gasteiger partial charge in [0.25, 0.3) is 0 Å². The number of hydrogen-bond donors (Lipinski definition) is 16. The third-order valence-corrected chi connectivity index (χ3v) is 27.1. The van der Waals surface area contributed by atoms with E-state index in [0.717, 1.165) is 56.1 Å². The van der Waals surface area contributed by atoms with Crippen LogP contribution in [0.1, 0.15) is 208 Å². The molecular weight excluding hydrogens is 1600 g/mol. The van der Waals surface area contributed by atoms with Gasteiger partial charge in [0.05, 0.1) is 83.1 Å². The highest BCUT2D eigenvalue weighted by Crippen LogP contribution is 2.87. The van der Waals surface area contributed by atoms with Gasteiger partial charge >= 0.3 is 11.9 Å². The van der Waals surface area contributed by atoms with Crippen molar-refractivity contribution in [2.45, 2.75) is 335 Å². The molecule has 2 spiro atoms. The van der Waals surface area contributed by atoms with Crippen LogP contribution in [-0.4, -0.2) is 331 Å². The molecule has 16 N–H and O–H groups in total. The fraction of sp³-hybridized carbons (Fsp3) is 0.871. The van der Waals surface area contributed by atoms with E-state index >= 15 is 0 Å². The molecule has 37 heteroatoms. The van der Waals surface area contributed by atoms with Crippen LogP contribution in [0.5, 0.6) is 0 Å². The lowest BCUT2D eigenvalue weighted by Gasteiger charge is -2.54. The fourth-order valence-electron chi connectivity index (χ4n) is 20.3. The summed E-state index contributed by atoms with van der Waals surface area (Å²) in [5.41, 5.74) is -1.81. The van der Waals surface area contributed by atoms with Crippen molar-refractivity contribution >= 4 is 53.3 Å². The van der Waals surface area contributed by atoms with Crippen LogP contribution < -0.4 is 37.2 Å².